The second kappa shape index (κ2) is 6.66. The fourth-order valence-corrected chi connectivity index (χ4v) is 3.21. The molecular formula is C14H21BrN2O. The molecule has 1 saturated heterocycles. The lowest BCUT2D eigenvalue weighted by molar-refractivity contribution is 0.0154. The molecule has 0 bridgehead atoms. The van der Waals surface area contributed by atoms with Gasteiger partial charge in [0.15, 0.2) is 0 Å². The molecule has 2 atom stereocenters. The van der Waals surface area contributed by atoms with Crippen LogP contribution in [-0.2, 0) is 4.74 Å². The van der Waals surface area contributed by atoms with Crippen molar-refractivity contribution in [1.82, 2.24) is 4.90 Å². The minimum Gasteiger partial charge on any atom is -0.380 e. The van der Waals surface area contributed by atoms with Crippen LogP contribution in [0.3, 0.4) is 0 Å². The standard InChI is InChI=1S/C14H21BrN2O/c1-18-11-5-4-8-17(10-11)14(9-16)12-6-2-3-7-13(12)15/h2-3,6-7,11,14H,4-5,8-10,16H2,1H3. The van der Waals surface area contributed by atoms with E-state index >= 15 is 0 Å². The Morgan fingerprint density at radius 2 is 2.28 bits per heavy atom. The van der Waals surface area contributed by atoms with E-state index in [1.54, 1.807) is 7.11 Å². The van der Waals surface area contributed by atoms with Crippen molar-refractivity contribution < 1.29 is 4.74 Å². The molecule has 1 aromatic carbocycles. The Morgan fingerprint density at radius 1 is 1.50 bits per heavy atom. The largest absolute Gasteiger partial charge is 0.380 e. The van der Waals surface area contributed by atoms with Crippen LogP contribution in [-0.4, -0.2) is 37.7 Å². The number of rotatable bonds is 4. The van der Waals surface area contributed by atoms with E-state index in [1.807, 2.05) is 6.07 Å². The summed E-state index contributed by atoms with van der Waals surface area (Å²) in [6.45, 7) is 2.71. The minimum absolute atomic E-state index is 0.276. The lowest BCUT2D eigenvalue weighted by atomic mass is 10.0. The van der Waals surface area contributed by atoms with E-state index in [1.165, 1.54) is 12.0 Å². The van der Waals surface area contributed by atoms with Gasteiger partial charge in [-0.25, -0.2) is 0 Å². The SMILES string of the molecule is COC1CCCN(C(CN)c2ccccc2Br)C1. The summed E-state index contributed by atoms with van der Waals surface area (Å²) in [4.78, 5) is 2.44. The van der Waals surface area contributed by atoms with Crippen LogP contribution in [0.4, 0.5) is 0 Å². The van der Waals surface area contributed by atoms with Crippen molar-refractivity contribution in [3.8, 4) is 0 Å². The fourth-order valence-electron chi connectivity index (χ4n) is 2.66. The molecule has 1 aliphatic rings. The molecule has 0 aromatic heterocycles. The van der Waals surface area contributed by atoms with Gasteiger partial charge in [0.05, 0.1) is 6.10 Å². The van der Waals surface area contributed by atoms with Crippen molar-refractivity contribution >= 4 is 15.9 Å². The number of likely N-dealkylation sites (tertiary alicyclic amines) is 1. The van der Waals surface area contributed by atoms with Gasteiger partial charge in [-0.2, -0.15) is 0 Å². The van der Waals surface area contributed by atoms with Gasteiger partial charge in [0.1, 0.15) is 0 Å². The Hall–Kier alpha value is -0.420. The van der Waals surface area contributed by atoms with Gasteiger partial charge in [-0.05, 0) is 31.0 Å². The van der Waals surface area contributed by atoms with E-state index in [4.69, 9.17) is 10.5 Å². The number of nitrogens with two attached hydrogens (primary N) is 1. The predicted molar refractivity (Wildman–Crippen MR) is 77.5 cm³/mol. The second-order valence-corrected chi connectivity index (χ2v) is 5.62. The molecule has 100 valence electrons. The Labute approximate surface area is 117 Å². The number of hydrogen-bond acceptors (Lipinski definition) is 3. The highest BCUT2D eigenvalue weighted by Gasteiger charge is 2.26. The summed E-state index contributed by atoms with van der Waals surface area (Å²) in [6.07, 6.45) is 2.68. The highest BCUT2D eigenvalue weighted by molar-refractivity contribution is 9.10. The molecule has 0 spiro atoms. The van der Waals surface area contributed by atoms with Crippen LogP contribution in [0.25, 0.3) is 0 Å². The second-order valence-electron chi connectivity index (χ2n) is 4.77. The van der Waals surface area contributed by atoms with Gasteiger partial charge in [0.25, 0.3) is 0 Å². The predicted octanol–water partition coefficient (Wildman–Crippen LogP) is 2.56. The zero-order valence-electron chi connectivity index (χ0n) is 10.8. The molecule has 1 fully saturated rings. The molecule has 18 heavy (non-hydrogen) atoms. The van der Waals surface area contributed by atoms with Crippen LogP contribution in [0.5, 0.6) is 0 Å². The Morgan fingerprint density at radius 3 is 2.94 bits per heavy atom. The van der Waals surface area contributed by atoms with E-state index in [0.29, 0.717) is 12.6 Å². The summed E-state index contributed by atoms with van der Waals surface area (Å²) in [5.74, 6) is 0. The minimum atomic E-state index is 0.276. The van der Waals surface area contributed by atoms with E-state index in [0.717, 1.165) is 24.0 Å². The Kier molecular flexibility index (Phi) is 5.18. The average molecular weight is 313 g/mol. The van der Waals surface area contributed by atoms with Gasteiger partial charge in [-0.15, -0.1) is 0 Å². The molecule has 0 saturated carbocycles. The Bertz CT molecular complexity index is 386. The number of piperidine rings is 1. The monoisotopic (exact) mass is 312 g/mol. The lowest BCUT2D eigenvalue weighted by Crippen LogP contribution is -2.43. The summed E-state index contributed by atoms with van der Waals surface area (Å²) in [5.41, 5.74) is 7.26. The van der Waals surface area contributed by atoms with Gasteiger partial charge in [-0.1, -0.05) is 34.1 Å². The molecule has 2 N–H and O–H groups in total. The molecule has 3 nitrogen and oxygen atoms in total. The Balaban J connectivity index is 2.15. The molecule has 1 aliphatic heterocycles. The van der Waals surface area contributed by atoms with E-state index in [2.05, 4.69) is 39.0 Å². The molecule has 2 unspecified atom stereocenters. The highest BCUT2D eigenvalue weighted by atomic mass is 79.9. The van der Waals surface area contributed by atoms with Crippen molar-refractivity contribution in [1.29, 1.82) is 0 Å². The normalized spacial score (nSPS) is 22.9. The van der Waals surface area contributed by atoms with Crippen LogP contribution in [0.15, 0.2) is 28.7 Å². The summed E-state index contributed by atoms with van der Waals surface area (Å²) < 4.78 is 6.63. The maximum atomic E-state index is 5.99. The summed E-state index contributed by atoms with van der Waals surface area (Å²) in [5, 5.41) is 0. The third kappa shape index (κ3) is 3.12. The quantitative estimate of drug-likeness (QED) is 0.928. The number of hydrogen-bond donors (Lipinski definition) is 1. The fraction of sp³-hybridized carbons (Fsp3) is 0.571. The number of ether oxygens (including phenoxy) is 1. The molecule has 2 rings (SSSR count). The van der Waals surface area contributed by atoms with Crippen molar-refractivity contribution in [3.63, 3.8) is 0 Å². The van der Waals surface area contributed by atoms with E-state index < -0.39 is 0 Å². The van der Waals surface area contributed by atoms with Gasteiger partial charge >= 0.3 is 0 Å². The first-order chi connectivity index (χ1) is 8.76. The van der Waals surface area contributed by atoms with E-state index in [9.17, 15) is 0 Å². The van der Waals surface area contributed by atoms with Crippen molar-refractivity contribution in [2.75, 3.05) is 26.7 Å². The summed E-state index contributed by atoms with van der Waals surface area (Å²) in [7, 11) is 1.80. The first kappa shape index (κ1) is 14.0. The zero-order chi connectivity index (χ0) is 13.0. The molecule has 0 radical (unpaired) electrons. The number of methoxy groups -OCH3 is 1. The van der Waals surface area contributed by atoms with Crippen molar-refractivity contribution in [3.05, 3.63) is 34.3 Å². The first-order valence-corrected chi connectivity index (χ1v) is 7.27. The van der Waals surface area contributed by atoms with Gasteiger partial charge in [0.2, 0.25) is 0 Å². The van der Waals surface area contributed by atoms with Crippen LogP contribution < -0.4 is 5.73 Å². The smallest absolute Gasteiger partial charge is 0.0698 e. The topological polar surface area (TPSA) is 38.5 Å². The van der Waals surface area contributed by atoms with Crippen LogP contribution in [0.2, 0.25) is 0 Å². The van der Waals surface area contributed by atoms with Gasteiger partial charge in [-0.3, -0.25) is 4.90 Å². The molecular weight excluding hydrogens is 292 g/mol. The van der Waals surface area contributed by atoms with Crippen LogP contribution >= 0.6 is 15.9 Å². The maximum Gasteiger partial charge on any atom is 0.0698 e. The highest BCUT2D eigenvalue weighted by Crippen LogP contribution is 2.29. The average Bonchev–Trinajstić information content (AvgIpc) is 2.42. The molecule has 1 aromatic rings. The molecule has 0 aliphatic carbocycles. The number of halogens is 1. The number of benzene rings is 1. The van der Waals surface area contributed by atoms with Gasteiger partial charge < -0.3 is 10.5 Å². The lowest BCUT2D eigenvalue weighted by Gasteiger charge is -2.37. The number of nitrogens with zero attached hydrogens (tertiary/aromatic N) is 1. The van der Waals surface area contributed by atoms with Crippen LogP contribution in [0.1, 0.15) is 24.4 Å². The molecule has 4 heteroatoms. The summed E-state index contributed by atoms with van der Waals surface area (Å²) in [6, 6.07) is 8.61. The molecule has 0 amide bonds. The summed E-state index contributed by atoms with van der Waals surface area (Å²) >= 11 is 3.62. The van der Waals surface area contributed by atoms with E-state index in [-0.39, 0.29) is 6.04 Å². The third-order valence-corrected chi connectivity index (χ3v) is 4.39. The van der Waals surface area contributed by atoms with Gasteiger partial charge in [0, 0.05) is 30.7 Å². The third-order valence-electron chi connectivity index (χ3n) is 3.67. The molecule has 1 heterocycles. The first-order valence-electron chi connectivity index (χ1n) is 6.47. The van der Waals surface area contributed by atoms with Crippen molar-refractivity contribution in [2.24, 2.45) is 5.73 Å². The zero-order valence-corrected chi connectivity index (χ0v) is 12.4. The maximum absolute atomic E-state index is 5.99. The van der Waals surface area contributed by atoms with Crippen molar-refractivity contribution in [2.45, 2.75) is 25.0 Å². The van der Waals surface area contributed by atoms with Crippen LogP contribution in [0, 0.1) is 0 Å².